The van der Waals surface area contributed by atoms with Crippen molar-refractivity contribution in [1.82, 2.24) is 19.6 Å². The molecule has 0 spiro atoms. The molecule has 2 fully saturated rings. The van der Waals surface area contributed by atoms with Crippen LogP contribution in [0.5, 0.6) is 0 Å². The van der Waals surface area contributed by atoms with Gasteiger partial charge in [-0.3, -0.25) is 14.4 Å². The number of amides is 1. The number of hydrogen-bond acceptors (Lipinski definition) is 3. The number of nitrogens with zero attached hydrogens (tertiary/aromatic N) is 4. The van der Waals surface area contributed by atoms with Gasteiger partial charge in [0.05, 0.1) is 5.69 Å². The van der Waals surface area contributed by atoms with Crippen LogP contribution in [-0.4, -0.2) is 51.7 Å². The van der Waals surface area contributed by atoms with E-state index in [1.165, 1.54) is 18.4 Å². The van der Waals surface area contributed by atoms with Crippen LogP contribution >= 0.6 is 11.6 Å². The Bertz CT molecular complexity index is 577. The van der Waals surface area contributed by atoms with E-state index in [9.17, 15) is 4.79 Å². The summed E-state index contributed by atoms with van der Waals surface area (Å²) >= 11 is 6.49. The topological polar surface area (TPSA) is 41.4 Å². The predicted molar refractivity (Wildman–Crippen MR) is 91.5 cm³/mol. The van der Waals surface area contributed by atoms with Crippen LogP contribution in [-0.2, 0) is 11.8 Å². The Kier molecular flexibility index (Phi) is 4.97. The van der Waals surface area contributed by atoms with Crippen LogP contribution in [0.2, 0.25) is 5.15 Å². The van der Waals surface area contributed by atoms with E-state index in [4.69, 9.17) is 11.6 Å². The zero-order valence-corrected chi connectivity index (χ0v) is 15.1. The third kappa shape index (κ3) is 3.41. The molecule has 2 aliphatic heterocycles. The summed E-state index contributed by atoms with van der Waals surface area (Å²) in [5.41, 5.74) is 2.27. The van der Waals surface area contributed by atoms with Gasteiger partial charge in [-0.25, -0.2) is 0 Å². The van der Waals surface area contributed by atoms with E-state index in [0.717, 1.165) is 49.9 Å². The molecule has 128 valence electrons. The van der Waals surface area contributed by atoms with Gasteiger partial charge in [0.1, 0.15) is 5.15 Å². The second-order valence-corrected chi connectivity index (χ2v) is 7.37. The fraction of sp³-hybridized carbons (Fsp3) is 0.765. The van der Waals surface area contributed by atoms with Gasteiger partial charge >= 0.3 is 0 Å². The molecule has 1 aromatic heterocycles. The number of carbonyl (C=O) groups excluding carboxylic acids is 1. The smallest absolute Gasteiger partial charge is 0.219 e. The van der Waals surface area contributed by atoms with Gasteiger partial charge < -0.3 is 4.90 Å². The zero-order valence-electron chi connectivity index (χ0n) is 14.4. The number of likely N-dealkylation sites (tertiary alicyclic amines) is 2. The van der Waals surface area contributed by atoms with Crippen molar-refractivity contribution in [3.05, 3.63) is 16.4 Å². The van der Waals surface area contributed by atoms with Crippen molar-refractivity contribution in [3.63, 3.8) is 0 Å². The van der Waals surface area contributed by atoms with E-state index in [1.807, 2.05) is 11.9 Å². The summed E-state index contributed by atoms with van der Waals surface area (Å²) < 4.78 is 1.79. The third-order valence-corrected chi connectivity index (χ3v) is 5.89. The molecule has 1 atom stereocenters. The van der Waals surface area contributed by atoms with Crippen molar-refractivity contribution < 1.29 is 4.79 Å². The van der Waals surface area contributed by atoms with Crippen molar-refractivity contribution in [2.45, 2.75) is 45.6 Å². The average Bonchev–Trinajstić information content (AvgIpc) is 3.04. The van der Waals surface area contributed by atoms with Gasteiger partial charge in [-0.2, -0.15) is 5.10 Å². The molecule has 5 nitrogen and oxygen atoms in total. The molecule has 0 unspecified atom stereocenters. The highest BCUT2D eigenvalue weighted by molar-refractivity contribution is 6.30. The molecular weight excluding hydrogens is 312 g/mol. The van der Waals surface area contributed by atoms with E-state index in [-0.39, 0.29) is 5.91 Å². The Morgan fingerprint density at radius 3 is 2.52 bits per heavy atom. The molecule has 2 aliphatic rings. The maximum absolute atomic E-state index is 11.5. The molecule has 0 radical (unpaired) electrons. The Morgan fingerprint density at radius 2 is 1.96 bits per heavy atom. The molecule has 2 saturated heterocycles. The highest BCUT2D eigenvalue weighted by Gasteiger charge is 2.33. The molecule has 0 bridgehead atoms. The normalized spacial score (nSPS) is 23.7. The van der Waals surface area contributed by atoms with Crippen LogP contribution in [0.3, 0.4) is 0 Å². The number of piperidine rings is 1. The lowest BCUT2D eigenvalue weighted by atomic mass is 9.95. The van der Waals surface area contributed by atoms with E-state index >= 15 is 0 Å². The van der Waals surface area contributed by atoms with E-state index in [1.54, 1.807) is 11.6 Å². The highest BCUT2D eigenvalue weighted by Crippen LogP contribution is 2.38. The van der Waals surface area contributed by atoms with Crippen molar-refractivity contribution in [1.29, 1.82) is 0 Å². The lowest BCUT2D eigenvalue weighted by Crippen LogP contribution is -2.40. The minimum atomic E-state index is 0.209. The van der Waals surface area contributed by atoms with Gasteiger partial charge in [0.15, 0.2) is 0 Å². The standard InChI is InChI=1S/C17H27ClN4O/c1-12-16(17(18)20(3)19-12)15-5-4-8-22(15)11-14-6-9-21(10-7-14)13(2)23/h14-15H,4-11H2,1-3H3/t15-/m1/s1. The lowest BCUT2D eigenvalue weighted by molar-refractivity contribution is -0.130. The first-order valence-electron chi connectivity index (χ1n) is 8.66. The fourth-order valence-electron chi connectivity index (χ4n) is 4.16. The molecule has 3 heterocycles. The molecule has 1 amide bonds. The predicted octanol–water partition coefficient (Wildman–Crippen LogP) is 2.78. The Labute approximate surface area is 143 Å². The Balaban J connectivity index is 1.65. The van der Waals surface area contributed by atoms with Gasteiger partial charge in [-0.05, 0) is 45.1 Å². The molecule has 0 aliphatic carbocycles. The quantitative estimate of drug-likeness (QED) is 0.851. The minimum absolute atomic E-state index is 0.209. The van der Waals surface area contributed by atoms with Gasteiger partial charge in [-0.15, -0.1) is 0 Å². The first-order valence-corrected chi connectivity index (χ1v) is 9.03. The summed E-state index contributed by atoms with van der Waals surface area (Å²) in [7, 11) is 1.91. The van der Waals surface area contributed by atoms with Crippen molar-refractivity contribution in [2.24, 2.45) is 13.0 Å². The third-order valence-electron chi connectivity index (χ3n) is 5.45. The first kappa shape index (κ1) is 16.8. The molecule has 1 aromatic rings. The van der Waals surface area contributed by atoms with Crippen LogP contribution in [0.1, 0.15) is 49.9 Å². The zero-order chi connectivity index (χ0) is 16.6. The molecule has 0 saturated carbocycles. The van der Waals surface area contributed by atoms with Crippen molar-refractivity contribution in [3.8, 4) is 0 Å². The number of halogens is 1. The van der Waals surface area contributed by atoms with Crippen LogP contribution in [0.25, 0.3) is 0 Å². The van der Waals surface area contributed by atoms with Crippen LogP contribution < -0.4 is 0 Å². The van der Waals surface area contributed by atoms with Crippen molar-refractivity contribution in [2.75, 3.05) is 26.2 Å². The largest absolute Gasteiger partial charge is 0.343 e. The molecule has 0 N–H and O–H groups in total. The van der Waals surface area contributed by atoms with Crippen LogP contribution in [0.4, 0.5) is 0 Å². The fourth-order valence-corrected chi connectivity index (χ4v) is 4.46. The summed E-state index contributed by atoms with van der Waals surface area (Å²) in [5, 5.41) is 5.26. The SMILES string of the molecule is CC(=O)N1CCC(CN2CCC[C@@H]2c2c(C)nn(C)c2Cl)CC1. The number of hydrogen-bond donors (Lipinski definition) is 0. The number of rotatable bonds is 3. The summed E-state index contributed by atoms with van der Waals surface area (Å²) in [4.78, 5) is 16.0. The maximum Gasteiger partial charge on any atom is 0.219 e. The van der Waals surface area contributed by atoms with Gasteiger partial charge in [-0.1, -0.05) is 11.6 Å². The van der Waals surface area contributed by atoms with Crippen LogP contribution in [0, 0.1) is 12.8 Å². The van der Waals surface area contributed by atoms with Gasteiger partial charge in [0, 0.05) is 45.2 Å². The summed E-state index contributed by atoms with van der Waals surface area (Å²) in [6, 6.07) is 0.405. The Hall–Kier alpha value is -1.07. The van der Waals surface area contributed by atoms with Gasteiger partial charge in [0.2, 0.25) is 5.91 Å². The Morgan fingerprint density at radius 1 is 1.26 bits per heavy atom. The summed E-state index contributed by atoms with van der Waals surface area (Å²) in [6.07, 6.45) is 4.62. The second kappa shape index (κ2) is 6.81. The number of aryl methyl sites for hydroxylation is 2. The van der Waals surface area contributed by atoms with E-state index < -0.39 is 0 Å². The molecule has 23 heavy (non-hydrogen) atoms. The molecule has 0 aromatic carbocycles. The minimum Gasteiger partial charge on any atom is -0.343 e. The lowest BCUT2D eigenvalue weighted by Gasteiger charge is -2.35. The molecule has 3 rings (SSSR count). The first-order chi connectivity index (χ1) is 11.0. The van der Waals surface area contributed by atoms with E-state index in [0.29, 0.717) is 12.0 Å². The van der Waals surface area contributed by atoms with E-state index in [2.05, 4.69) is 16.9 Å². The highest BCUT2D eigenvalue weighted by atomic mass is 35.5. The number of aromatic nitrogens is 2. The summed E-state index contributed by atoms with van der Waals surface area (Å²) in [6.45, 7) is 7.80. The molecular formula is C17H27ClN4O. The number of carbonyl (C=O) groups is 1. The van der Waals surface area contributed by atoms with Crippen molar-refractivity contribution >= 4 is 17.5 Å². The maximum atomic E-state index is 11.5. The average molecular weight is 339 g/mol. The molecule has 6 heteroatoms. The summed E-state index contributed by atoms with van der Waals surface area (Å²) in [5.74, 6) is 0.891. The second-order valence-electron chi connectivity index (χ2n) is 7.02. The van der Waals surface area contributed by atoms with Gasteiger partial charge in [0.25, 0.3) is 0 Å². The monoisotopic (exact) mass is 338 g/mol. The van der Waals surface area contributed by atoms with Crippen LogP contribution in [0.15, 0.2) is 0 Å².